The van der Waals surface area contributed by atoms with Crippen molar-refractivity contribution < 1.29 is 9.53 Å². The molecule has 0 unspecified atom stereocenters. The van der Waals surface area contributed by atoms with Crippen LogP contribution in [0.5, 0.6) is 5.75 Å². The average Bonchev–Trinajstić information content (AvgIpc) is 3.25. The van der Waals surface area contributed by atoms with Gasteiger partial charge in [0, 0.05) is 44.6 Å². The molecule has 4 heteroatoms. The molecule has 2 bridgehead atoms. The van der Waals surface area contributed by atoms with Crippen molar-refractivity contribution in [3.8, 4) is 5.75 Å². The van der Waals surface area contributed by atoms with Crippen molar-refractivity contribution in [3.05, 3.63) is 65.2 Å². The summed E-state index contributed by atoms with van der Waals surface area (Å²) in [7, 11) is 0. The van der Waals surface area contributed by atoms with Gasteiger partial charge in [-0.05, 0) is 60.3 Å². The molecule has 2 aromatic rings. The Hall–Kier alpha value is -2.33. The summed E-state index contributed by atoms with van der Waals surface area (Å²) in [5.41, 5.74) is 4.12. The van der Waals surface area contributed by atoms with Crippen LogP contribution >= 0.6 is 0 Å². The molecule has 0 aliphatic carbocycles. The number of likely N-dealkylation sites (tertiary alicyclic amines) is 1. The Kier molecular flexibility index (Phi) is 4.98. The van der Waals surface area contributed by atoms with Crippen LogP contribution in [0.4, 0.5) is 0 Å². The molecule has 1 amide bonds. The molecule has 0 N–H and O–H groups in total. The zero-order valence-corrected chi connectivity index (χ0v) is 18.2. The van der Waals surface area contributed by atoms with E-state index in [4.69, 9.17) is 4.74 Å². The molecule has 4 aliphatic heterocycles. The highest BCUT2D eigenvalue weighted by atomic mass is 16.5. The van der Waals surface area contributed by atoms with Crippen LogP contribution in [0.3, 0.4) is 0 Å². The number of hydrogen-bond acceptors (Lipinski definition) is 3. The summed E-state index contributed by atoms with van der Waals surface area (Å²) in [6.07, 6.45) is 6.28. The summed E-state index contributed by atoms with van der Waals surface area (Å²) < 4.78 is 5.69. The van der Waals surface area contributed by atoms with Gasteiger partial charge in [-0.1, -0.05) is 42.5 Å². The lowest BCUT2D eigenvalue weighted by Crippen LogP contribution is -2.65. The van der Waals surface area contributed by atoms with Crippen LogP contribution in [0, 0.1) is 11.8 Å². The number of benzene rings is 2. The quantitative estimate of drug-likeness (QED) is 0.753. The first-order chi connectivity index (χ1) is 15.2. The van der Waals surface area contributed by atoms with Gasteiger partial charge in [-0.2, -0.15) is 0 Å². The molecule has 4 heterocycles. The topological polar surface area (TPSA) is 32.8 Å². The molecule has 3 fully saturated rings. The second kappa shape index (κ2) is 7.98. The van der Waals surface area contributed by atoms with Crippen molar-refractivity contribution in [2.75, 3.05) is 19.7 Å². The Balaban J connectivity index is 1.25. The van der Waals surface area contributed by atoms with E-state index in [0.717, 1.165) is 57.7 Å². The third-order valence-electron chi connectivity index (χ3n) is 8.02. The molecule has 0 saturated carbocycles. The van der Waals surface area contributed by atoms with E-state index < -0.39 is 0 Å². The molecular weight excluding hydrogens is 384 g/mol. The van der Waals surface area contributed by atoms with Crippen molar-refractivity contribution in [3.63, 3.8) is 0 Å². The fourth-order valence-corrected chi connectivity index (χ4v) is 6.72. The molecule has 6 rings (SSSR count). The van der Waals surface area contributed by atoms with Crippen LogP contribution < -0.4 is 4.74 Å². The number of rotatable bonds is 4. The van der Waals surface area contributed by atoms with E-state index in [9.17, 15) is 4.79 Å². The summed E-state index contributed by atoms with van der Waals surface area (Å²) in [5, 5.41) is 0. The molecule has 4 nitrogen and oxygen atoms in total. The molecule has 31 heavy (non-hydrogen) atoms. The predicted molar refractivity (Wildman–Crippen MR) is 121 cm³/mol. The van der Waals surface area contributed by atoms with Gasteiger partial charge in [0.1, 0.15) is 5.75 Å². The summed E-state index contributed by atoms with van der Waals surface area (Å²) in [6, 6.07) is 18.3. The lowest BCUT2D eigenvalue weighted by atomic mass is 9.70. The number of piperidine rings is 3. The van der Waals surface area contributed by atoms with Crippen LogP contribution in [0.1, 0.15) is 42.4 Å². The summed E-state index contributed by atoms with van der Waals surface area (Å²) in [6.45, 7) is 4.05. The number of ether oxygens (including phenoxy) is 1. The monoisotopic (exact) mass is 416 g/mol. The smallest absolute Gasteiger partial charge is 0.223 e. The van der Waals surface area contributed by atoms with E-state index in [-0.39, 0.29) is 0 Å². The van der Waals surface area contributed by atoms with Crippen molar-refractivity contribution >= 4 is 5.91 Å². The zero-order chi connectivity index (χ0) is 20.8. The molecule has 0 aromatic heterocycles. The highest BCUT2D eigenvalue weighted by molar-refractivity contribution is 5.78. The van der Waals surface area contributed by atoms with Gasteiger partial charge in [-0.25, -0.2) is 0 Å². The minimum atomic E-state index is 0.340. The van der Waals surface area contributed by atoms with Gasteiger partial charge in [0.05, 0.1) is 6.61 Å². The summed E-state index contributed by atoms with van der Waals surface area (Å²) >= 11 is 0. The largest absolute Gasteiger partial charge is 0.493 e. The Morgan fingerprint density at radius 2 is 1.84 bits per heavy atom. The molecule has 0 radical (unpaired) electrons. The number of amides is 1. The molecule has 4 aliphatic rings. The SMILES string of the molecule is O=C1CCC[C@H]2[C@@H]3C[C@@H](CN(Cc4ccc5c(c4)CCO5)C3)[C@H](Cc3ccccc3)N12. The Labute approximate surface area is 185 Å². The van der Waals surface area contributed by atoms with Crippen LogP contribution in [-0.4, -0.2) is 47.5 Å². The fraction of sp³-hybridized carbons (Fsp3) is 0.519. The van der Waals surface area contributed by atoms with Crippen LogP contribution in [-0.2, 0) is 24.2 Å². The Bertz CT molecular complexity index is 959. The summed E-state index contributed by atoms with van der Waals surface area (Å²) in [4.78, 5) is 18.1. The van der Waals surface area contributed by atoms with E-state index >= 15 is 0 Å². The third-order valence-corrected chi connectivity index (χ3v) is 8.02. The van der Waals surface area contributed by atoms with Gasteiger partial charge in [0.2, 0.25) is 5.91 Å². The van der Waals surface area contributed by atoms with Gasteiger partial charge in [0.15, 0.2) is 0 Å². The van der Waals surface area contributed by atoms with Crippen LogP contribution in [0.25, 0.3) is 0 Å². The molecule has 0 spiro atoms. The van der Waals surface area contributed by atoms with Crippen molar-refractivity contribution in [2.45, 2.75) is 57.2 Å². The molecular formula is C27H32N2O2. The fourth-order valence-electron chi connectivity index (χ4n) is 6.72. The predicted octanol–water partition coefficient (Wildman–Crippen LogP) is 4.07. The van der Waals surface area contributed by atoms with Crippen LogP contribution in [0.2, 0.25) is 0 Å². The van der Waals surface area contributed by atoms with Gasteiger partial charge < -0.3 is 9.64 Å². The average molecular weight is 417 g/mol. The lowest BCUT2D eigenvalue weighted by molar-refractivity contribution is -0.152. The standard InChI is InChI=1S/C27H32N2O2/c30-27-8-4-7-24-22-15-23(25(29(24)27)14-19-5-2-1-3-6-19)18-28(17-22)16-20-9-10-26-21(13-20)11-12-31-26/h1-3,5-6,9-10,13,22-25H,4,7-8,11-12,14-18H2/t22-,23+,24+,25+/m1/s1. The van der Waals surface area contributed by atoms with Crippen LogP contribution in [0.15, 0.2) is 48.5 Å². The molecule has 2 aromatic carbocycles. The van der Waals surface area contributed by atoms with Gasteiger partial charge in [-0.15, -0.1) is 0 Å². The zero-order valence-electron chi connectivity index (χ0n) is 18.2. The van der Waals surface area contributed by atoms with Gasteiger partial charge in [-0.3, -0.25) is 9.69 Å². The minimum absolute atomic E-state index is 0.340. The van der Waals surface area contributed by atoms with Gasteiger partial charge in [0.25, 0.3) is 0 Å². The number of hydrogen-bond donors (Lipinski definition) is 0. The van der Waals surface area contributed by atoms with E-state index in [1.807, 2.05) is 0 Å². The van der Waals surface area contributed by atoms with E-state index in [1.54, 1.807) is 0 Å². The van der Waals surface area contributed by atoms with E-state index in [1.165, 1.54) is 29.5 Å². The maximum atomic E-state index is 13.0. The second-order valence-corrected chi connectivity index (χ2v) is 10.0. The highest BCUT2D eigenvalue weighted by Crippen LogP contribution is 2.43. The van der Waals surface area contributed by atoms with Crippen molar-refractivity contribution in [1.29, 1.82) is 0 Å². The number of carbonyl (C=O) groups is 1. The molecule has 3 saturated heterocycles. The normalized spacial score (nSPS) is 29.9. The van der Waals surface area contributed by atoms with Crippen molar-refractivity contribution in [1.82, 2.24) is 9.80 Å². The lowest BCUT2D eigenvalue weighted by Gasteiger charge is -2.57. The first-order valence-corrected chi connectivity index (χ1v) is 12.1. The highest BCUT2D eigenvalue weighted by Gasteiger charge is 2.49. The Morgan fingerprint density at radius 1 is 0.968 bits per heavy atom. The molecule has 162 valence electrons. The van der Waals surface area contributed by atoms with Gasteiger partial charge >= 0.3 is 0 Å². The van der Waals surface area contributed by atoms with Crippen molar-refractivity contribution in [2.24, 2.45) is 11.8 Å². The first-order valence-electron chi connectivity index (χ1n) is 12.1. The maximum Gasteiger partial charge on any atom is 0.223 e. The Morgan fingerprint density at radius 3 is 2.74 bits per heavy atom. The number of carbonyl (C=O) groups excluding carboxylic acids is 1. The van der Waals surface area contributed by atoms with E-state index in [0.29, 0.717) is 29.8 Å². The molecule has 4 atom stereocenters. The number of fused-ring (bicyclic) bond motifs is 5. The maximum absolute atomic E-state index is 13.0. The third kappa shape index (κ3) is 3.65. The minimum Gasteiger partial charge on any atom is -0.493 e. The van der Waals surface area contributed by atoms with E-state index in [2.05, 4.69) is 58.3 Å². The summed E-state index contributed by atoms with van der Waals surface area (Å²) in [5.74, 6) is 2.65. The second-order valence-electron chi connectivity index (χ2n) is 10.0. The number of nitrogens with zero attached hydrogens (tertiary/aromatic N) is 2. The first kappa shape index (κ1) is 19.4.